The van der Waals surface area contributed by atoms with Gasteiger partial charge in [0, 0.05) is 7.05 Å². The van der Waals surface area contributed by atoms with Crippen molar-refractivity contribution in [3.05, 3.63) is 77.2 Å². The molecule has 0 saturated heterocycles. The first kappa shape index (κ1) is 23.6. The van der Waals surface area contributed by atoms with E-state index in [1.807, 2.05) is 0 Å². The molecule has 2 aromatic carbocycles. The number of carbonyl (C=O) groups excluding carboxylic acids is 1. The molecule has 0 radical (unpaired) electrons. The first-order valence-corrected chi connectivity index (χ1v) is 9.08. The lowest BCUT2D eigenvalue weighted by Crippen LogP contribution is -2.18. The van der Waals surface area contributed by atoms with Crippen LogP contribution in [0.1, 0.15) is 16.8 Å². The van der Waals surface area contributed by atoms with Gasteiger partial charge in [-0.1, -0.05) is 42.5 Å². The number of hydrogen-bond donors (Lipinski definition) is 3. The quantitative estimate of drug-likeness (QED) is 0.527. The minimum Gasteiger partial charge on any atom is -0.382 e. The molecule has 0 unspecified atom stereocenters. The number of nitrogen functional groups attached to an aromatic ring is 1. The first-order chi connectivity index (χ1) is 14.6. The molecule has 1 amide bonds. The van der Waals surface area contributed by atoms with Gasteiger partial charge in [0.2, 0.25) is 11.9 Å². The van der Waals surface area contributed by atoms with Crippen molar-refractivity contribution in [2.75, 3.05) is 23.4 Å². The van der Waals surface area contributed by atoms with Crippen LogP contribution in [0, 0.1) is 12.7 Å². The summed E-state index contributed by atoms with van der Waals surface area (Å²) in [6.45, 7) is 1.73. The maximum absolute atomic E-state index is 12.8. The van der Waals surface area contributed by atoms with Gasteiger partial charge < -0.3 is 16.4 Å². The van der Waals surface area contributed by atoms with Crippen molar-refractivity contribution in [2.45, 2.75) is 19.5 Å². The zero-order valence-electron chi connectivity index (χ0n) is 16.8. The Morgan fingerprint density at radius 1 is 1.03 bits per heavy atom. The van der Waals surface area contributed by atoms with Crippen LogP contribution in [0.5, 0.6) is 0 Å². The van der Waals surface area contributed by atoms with Crippen LogP contribution >= 0.6 is 0 Å². The average molecular weight is 435 g/mol. The number of carbonyl (C=O) groups is 1. The molecule has 0 fully saturated rings. The highest BCUT2D eigenvalue weighted by molar-refractivity contribution is 5.95. The minimum absolute atomic E-state index is 0.118. The second-order valence-corrected chi connectivity index (χ2v) is 6.36. The topological polar surface area (TPSA) is 92.9 Å². The highest BCUT2D eigenvalue weighted by atomic mass is 19.4. The predicted molar refractivity (Wildman–Crippen MR) is 111 cm³/mol. The molecule has 31 heavy (non-hydrogen) atoms. The number of benzene rings is 2. The first-order valence-electron chi connectivity index (χ1n) is 9.08. The standard InChI is InChI=1S/C14H16FN5O.C7H5F3/c1-8-12(13(16)20-14(17-2)18-8)19-11(21)7-9-3-5-10(15)6-4-9;8-7(9,10)6-4-2-1-3-5-6/h3-6H,7H2,1-2H3,(H,19,21)(H3,16,17,18,20);1-5H. The number of aryl methyl sites for hydroxylation is 1. The van der Waals surface area contributed by atoms with Gasteiger partial charge in [0.1, 0.15) is 11.5 Å². The van der Waals surface area contributed by atoms with Crippen LogP contribution in [-0.2, 0) is 17.4 Å². The Kier molecular flexibility index (Phi) is 7.89. The summed E-state index contributed by atoms with van der Waals surface area (Å²) in [5.74, 6) is -0.0200. The average Bonchev–Trinajstić information content (AvgIpc) is 2.73. The lowest BCUT2D eigenvalue weighted by Gasteiger charge is -2.11. The van der Waals surface area contributed by atoms with Gasteiger partial charge in [-0.2, -0.15) is 18.2 Å². The summed E-state index contributed by atoms with van der Waals surface area (Å²) in [4.78, 5) is 20.2. The van der Waals surface area contributed by atoms with E-state index < -0.39 is 11.7 Å². The van der Waals surface area contributed by atoms with Crippen molar-refractivity contribution < 1.29 is 22.4 Å². The lowest BCUT2D eigenvalue weighted by atomic mass is 10.1. The molecular weight excluding hydrogens is 414 g/mol. The Morgan fingerprint density at radius 2 is 1.65 bits per heavy atom. The fraction of sp³-hybridized carbons (Fsp3) is 0.190. The van der Waals surface area contributed by atoms with Gasteiger partial charge in [-0.05, 0) is 24.6 Å². The largest absolute Gasteiger partial charge is 0.416 e. The van der Waals surface area contributed by atoms with Gasteiger partial charge in [0.15, 0.2) is 5.82 Å². The zero-order chi connectivity index (χ0) is 23.0. The normalized spacial score (nSPS) is 10.6. The van der Waals surface area contributed by atoms with Crippen LogP contribution in [0.4, 0.5) is 35.0 Å². The molecule has 0 aliphatic carbocycles. The summed E-state index contributed by atoms with van der Waals surface area (Å²) in [6.07, 6.45) is -4.09. The minimum atomic E-state index is -4.21. The van der Waals surface area contributed by atoms with E-state index in [0.717, 1.165) is 12.1 Å². The van der Waals surface area contributed by atoms with E-state index in [1.165, 1.54) is 24.3 Å². The summed E-state index contributed by atoms with van der Waals surface area (Å²) < 4.78 is 48.2. The maximum Gasteiger partial charge on any atom is 0.416 e. The van der Waals surface area contributed by atoms with E-state index in [4.69, 9.17) is 5.73 Å². The summed E-state index contributed by atoms with van der Waals surface area (Å²) in [5, 5.41) is 5.47. The molecule has 1 aromatic heterocycles. The number of hydrogen-bond acceptors (Lipinski definition) is 5. The summed E-state index contributed by atoms with van der Waals surface area (Å²) in [7, 11) is 1.68. The SMILES string of the molecule is CNc1nc(C)c(NC(=O)Cc2ccc(F)cc2)c(N)n1.FC(F)(F)c1ccccc1. The van der Waals surface area contributed by atoms with Gasteiger partial charge in [-0.3, -0.25) is 4.79 Å². The van der Waals surface area contributed by atoms with Crippen molar-refractivity contribution in [1.82, 2.24) is 9.97 Å². The van der Waals surface area contributed by atoms with Crippen LogP contribution in [0.3, 0.4) is 0 Å². The van der Waals surface area contributed by atoms with E-state index >= 15 is 0 Å². The number of halogens is 4. The molecule has 0 atom stereocenters. The van der Waals surface area contributed by atoms with Crippen molar-refractivity contribution in [3.63, 3.8) is 0 Å². The Hall–Kier alpha value is -3.69. The maximum atomic E-state index is 12.8. The zero-order valence-corrected chi connectivity index (χ0v) is 16.8. The second kappa shape index (κ2) is 10.4. The van der Waals surface area contributed by atoms with Gasteiger partial charge in [-0.25, -0.2) is 9.37 Å². The molecule has 4 N–H and O–H groups in total. The molecule has 0 aliphatic rings. The molecule has 10 heteroatoms. The summed E-state index contributed by atoms with van der Waals surface area (Å²) in [6, 6.07) is 12.1. The van der Waals surface area contributed by atoms with E-state index in [0.29, 0.717) is 22.9 Å². The Labute approximate surface area is 176 Å². The number of alkyl halides is 3. The fourth-order valence-electron chi connectivity index (χ4n) is 2.46. The van der Waals surface area contributed by atoms with Crippen LogP contribution in [0.15, 0.2) is 54.6 Å². The van der Waals surface area contributed by atoms with Gasteiger partial charge in [-0.15, -0.1) is 0 Å². The lowest BCUT2D eigenvalue weighted by molar-refractivity contribution is -0.137. The highest BCUT2D eigenvalue weighted by Crippen LogP contribution is 2.28. The fourth-order valence-corrected chi connectivity index (χ4v) is 2.46. The van der Waals surface area contributed by atoms with Crippen molar-refractivity contribution in [3.8, 4) is 0 Å². The highest BCUT2D eigenvalue weighted by Gasteiger charge is 2.29. The smallest absolute Gasteiger partial charge is 0.382 e. The number of anilines is 3. The molecule has 3 aromatic rings. The number of amides is 1. The van der Waals surface area contributed by atoms with Crippen LogP contribution in [0.2, 0.25) is 0 Å². The van der Waals surface area contributed by atoms with E-state index in [2.05, 4.69) is 20.6 Å². The molecule has 0 spiro atoms. The van der Waals surface area contributed by atoms with E-state index in [1.54, 1.807) is 32.2 Å². The molecule has 6 nitrogen and oxygen atoms in total. The molecule has 0 bridgehead atoms. The van der Waals surface area contributed by atoms with Crippen molar-refractivity contribution >= 4 is 23.4 Å². The summed E-state index contributed by atoms with van der Waals surface area (Å²) >= 11 is 0. The third kappa shape index (κ3) is 7.25. The number of nitrogens with zero attached hydrogens (tertiary/aromatic N) is 2. The van der Waals surface area contributed by atoms with Gasteiger partial charge in [0.25, 0.3) is 0 Å². The monoisotopic (exact) mass is 435 g/mol. The predicted octanol–water partition coefficient (Wildman–Crippen LogP) is 4.43. The number of nitrogens with one attached hydrogen (secondary N) is 2. The molecule has 0 saturated carbocycles. The van der Waals surface area contributed by atoms with Crippen molar-refractivity contribution in [1.29, 1.82) is 0 Å². The van der Waals surface area contributed by atoms with Crippen molar-refractivity contribution in [2.24, 2.45) is 0 Å². The van der Waals surface area contributed by atoms with Crippen LogP contribution in [-0.4, -0.2) is 22.9 Å². The molecule has 0 aliphatic heterocycles. The number of aromatic nitrogens is 2. The number of rotatable bonds is 4. The Morgan fingerprint density at radius 3 is 2.13 bits per heavy atom. The molecule has 1 heterocycles. The third-order valence-corrected chi connectivity index (χ3v) is 3.98. The Bertz CT molecular complexity index is 986. The van der Waals surface area contributed by atoms with Crippen LogP contribution in [0.25, 0.3) is 0 Å². The second-order valence-electron chi connectivity index (χ2n) is 6.36. The Balaban J connectivity index is 0.000000285. The van der Waals surface area contributed by atoms with Crippen LogP contribution < -0.4 is 16.4 Å². The number of nitrogens with two attached hydrogens (primary N) is 1. The molecular formula is C21H21F4N5O. The van der Waals surface area contributed by atoms with E-state index in [9.17, 15) is 22.4 Å². The van der Waals surface area contributed by atoms with E-state index in [-0.39, 0.29) is 24.0 Å². The summed E-state index contributed by atoms with van der Waals surface area (Å²) in [5.41, 5.74) is 6.87. The third-order valence-electron chi connectivity index (χ3n) is 3.98. The molecule has 3 rings (SSSR count). The van der Waals surface area contributed by atoms with Gasteiger partial charge >= 0.3 is 6.18 Å². The van der Waals surface area contributed by atoms with Gasteiger partial charge in [0.05, 0.1) is 17.7 Å². The molecule has 164 valence electrons.